The minimum atomic E-state index is -3.11. The highest BCUT2D eigenvalue weighted by atomic mass is 32.2. The minimum absolute atomic E-state index is 0.102. The first-order chi connectivity index (χ1) is 7.22. The van der Waals surface area contributed by atoms with E-state index in [-0.39, 0.29) is 24.1 Å². The van der Waals surface area contributed by atoms with Crippen LogP contribution in [0.1, 0.15) is 20.3 Å². The Morgan fingerprint density at radius 2 is 1.94 bits per heavy atom. The molecule has 0 aromatic carbocycles. The summed E-state index contributed by atoms with van der Waals surface area (Å²) in [6.07, 6.45) is 1.24. The van der Waals surface area contributed by atoms with E-state index >= 15 is 0 Å². The molecule has 1 heterocycles. The van der Waals surface area contributed by atoms with Gasteiger partial charge in [0.1, 0.15) is 15.9 Å². The molecule has 6 nitrogen and oxygen atoms in total. The number of carbonyl (C=O) groups excluding carboxylic acids is 2. The number of nitrogens with zero attached hydrogens (tertiary/aromatic N) is 1. The van der Waals surface area contributed by atoms with Crippen LogP contribution >= 0.6 is 0 Å². The predicted octanol–water partition coefficient (Wildman–Crippen LogP) is -0.250. The molecule has 0 radical (unpaired) electrons. The highest BCUT2D eigenvalue weighted by Gasteiger charge is 2.39. The van der Waals surface area contributed by atoms with E-state index in [0.717, 1.165) is 11.2 Å². The van der Waals surface area contributed by atoms with Crippen LogP contribution in [0.3, 0.4) is 0 Å². The largest absolute Gasteiger partial charge is 0.326 e. The van der Waals surface area contributed by atoms with Gasteiger partial charge in [0.2, 0.25) is 0 Å². The average molecular weight is 248 g/mol. The second kappa shape index (κ2) is 4.40. The van der Waals surface area contributed by atoms with Gasteiger partial charge in [-0.2, -0.15) is 0 Å². The van der Waals surface area contributed by atoms with E-state index in [2.05, 4.69) is 5.32 Å². The number of imide groups is 1. The molecule has 0 saturated carbocycles. The van der Waals surface area contributed by atoms with E-state index in [9.17, 15) is 18.0 Å². The van der Waals surface area contributed by atoms with Crippen molar-refractivity contribution in [3.63, 3.8) is 0 Å². The van der Waals surface area contributed by atoms with Gasteiger partial charge in [-0.3, -0.25) is 9.69 Å². The zero-order valence-electron chi connectivity index (χ0n) is 9.56. The summed E-state index contributed by atoms with van der Waals surface area (Å²) in [6.45, 7) is 3.47. The number of carbonyl (C=O) groups is 2. The van der Waals surface area contributed by atoms with Crippen molar-refractivity contribution in [1.29, 1.82) is 0 Å². The number of rotatable bonds is 4. The third kappa shape index (κ3) is 2.94. The van der Waals surface area contributed by atoms with Crippen LogP contribution < -0.4 is 5.32 Å². The molecule has 1 unspecified atom stereocenters. The van der Waals surface area contributed by atoms with Crippen molar-refractivity contribution in [2.24, 2.45) is 0 Å². The molecule has 0 aromatic rings. The van der Waals surface area contributed by atoms with Crippen LogP contribution in [0.25, 0.3) is 0 Å². The molecule has 7 heteroatoms. The Morgan fingerprint density at radius 3 is 2.31 bits per heavy atom. The van der Waals surface area contributed by atoms with Gasteiger partial charge < -0.3 is 5.32 Å². The summed E-state index contributed by atoms with van der Waals surface area (Å²) >= 11 is 0. The molecule has 1 fully saturated rings. The zero-order valence-corrected chi connectivity index (χ0v) is 10.4. The lowest BCUT2D eigenvalue weighted by atomic mass is 10.2. The molecular formula is C9H16N2O4S. The highest BCUT2D eigenvalue weighted by molar-refractivity contribution is 7.90. The van der Waals surface area contributed by atoms with E-state index in [0.29, 0.717) is 0 Å². The summed E-state index contributed by atoms with van der Waals surface area (Å²) in [5.74, 6) is -0.445. The number of sulfone groups is 1. The molecule has 0 bridgehead atoms. The van der Waals surface area contributed by atoms with Crippen molar-refractivity contribution in [2.75, 3.05) is 12.0 Å². The lowest BCUT2D eigenvalue weighted by Gasteiger charge is -2.16. The highest BCUT2D eigenvalue weighted by Crippen LogP contribution is 2.13. The second-order valence-corrected chi connectivity index (χ2v) is 6.48. The Morgan fingerprint density at radius 1 is 1.38 bits per heavy atom. The molecule has 16 heavy (non-hydrogen) atoms. The quantitative estimate of drug-likeness (QED) is 0.695. The molecule has 1 saturated heterocycles. The molecule has 1 aliphatic heterocycles. The average Bonchev–Trinajstić information content (AvgIpc) is 2.36. The minimum Gasteiger partial charge on any atom is -0.326 e. The first-order valence-electron chi connectivity index (χ1n) is 5.03. The Balaban J connectivity index is 2.66. The Labute approximate surface area is 94.9 Å². The maximum Gasteiger partial charge on any atom is 0.325 e. The van der Waals surface area contributed by atoms with Gasteiger partial charge in [-0.25, -0.2) is 13.2 Å². The smallest absolute Gasteiger partial charge is 0.325 e. The van der Waals surface area contributed by atoms with Crippen LogP contribution in [0.5, 0.6) is 0 Å². The van der Waals surface area contributed by atoms with Crippen molar-refractivity contribution < 1.29 is 18.0 Å². The van der Waals surface area contributed by atoms with Gasteiger partial charge in [-0.15, -0.1) is 0 Å². The van der Waals surface area contributed by atoms with Crippen molar-refractivity contribution in [3.05, 3.63) is 0 Å². The van der Waals surface area contributed by atoms with E-state index in [1.807, 2.05) is 0 Å². The second-order valence-electron chi connectivity index (χ2n) is 4.22. The molecule has 0 aromatic heterocycles. The number of hydrogen-bond donors (Lipinski definition) is 1. The van der Waals surface area contributed by atoms with Crippen LogP contribution in [0.15, 0.2) is 0 Å². The SMILES string of the molecule is CC(C)N1C(=O)NC(CCS(C)(=O)=O)C1=O. The number of nitrogens with one attached hydrogen (secondary N) is 1. The Hall–Kier alpha value is -1.11. The maximum absolute atomic E-state index is 11.7. The summed E-state index contributed by atoms with van der Waals surface area (Å²) < 4.78 is 21.9. The van der Waals surface area contributed by atoms with Gasteiger partial charge in [0, 0.05) is 12.3 Å². The van der Waals surface area contributed by atoms with Crippen LogP contribution in [0.2, 0.25) is 0 Å². The van der Waals surface area contributed by atoms with E-state index in [1.165, 1.54) is 0 Å². The van der Waals surface area contributed by atoms with Crippen LogP contribution in [0, 0.1) is 0 Å². The molecule has 0 spiro atoms. The fraction of sp³-hybridized carbons (Fsp3) is 0.778. The number of hydrogen-bond acceptors (Lipinski definition) is 4. The van der Waals surface area contributed by atoms with Gasteiger partial charge in [-0.05, 0) is 20.3 Å². The zero-order chi connectivity index (χ0) is 12.5. The summed E-state index contributed by atoms with van der Waals surface area (Å²) in [6, 6.07) is -1.36. The monoisotopic (exact) mass is 248 g/mol. The van der Waals surface area contributed by atoms with E-state index in [4.69, 9.17) is 0 Å². The van der Waals surface area contributed by atoms with Crippen LogP contribution in [0.4, 0.5) is 4.79 Å². The lowest BCUT2D eigenvalue weighted by Crippen LogP contribution is -2.37. The molecule has 1 aliphatic rings. The first kappa shape index (κ1) is 13.0. The van der Waals surface area contributed by atoms with E-state index < -0.39 is 21.9 Å². The van der Waals surface area contributed by atoms with Crippen molar-refractivity contribution >= 4 is 21.8 Å². The molecule has 1 atom stereocenters. The summed E-state index contributed by atoms with van der Waals surface area (Å²) in [5.41, 5.74) is 0. The fourth-order valence-corrected chi connectivity index (χ4v) is 2.23. The standard InChI is InChI=1S/C9H16N2O4S/c1-6(2)11-8(12)7(10-9(11)13)4-5-16(3,14)15/h6-7H,4-5H2,1-3H3,(H,10,13). The summed E-state index contributed by atoms with van der Waals surface area (Å²) in [5, 5.41) is 2.48. The first-order valence-corrected chi connectivity index (χ1v) is 7.09. The molecular weight excluding hydrogens is 232 g/mol. The fourth-order valence-electron chi connectivity index (χ4n) is 1.56. The van der Waals surface area contributed by atoms with Crippen LogP contribution in [-0.4, -0.2) is 49.3 Å². The molecule has 92 valence electrons. The summed E-state index contributed by atoms with van der Waals surface area (Å²) in [4.78, 5) is 24.2. The number of amides is 3. The van der Waals surface area contributed by atoms with E-state index in [1.54, 1.807) is 13.8 Å². The van der Waals surface area contributed by atoms with Crippen molar-refractivity contribution in [2.45, 2.75) is 32.4 Å². The Kier molecular flexibility index (Phi) is 3.57. The van der Waals surface area contributed by atoms with Gasteiger partial charge in [-0.1, -0.05) is 0 Å². The Bertz CT molecular complexity index is 402. The third-order valence-corrected chi connectivity index (χ3v) is 3.32. The summed E-state index contributed by atoms with van der Waals surface area (Å²) in [7, 11) is -3.11. The third-order valence-electron chi connectivity index (χ3n) is 2.35. The van der Waals surface area contributed by atoms with Gasteiger partial charge in [0.05, 0.1) is 5.75 Å². The molecule has 1 N–H and O–H groups in total. The molecule has 0 aliphatic carbocycles. The topological polar surface area (TPSA) is 83.6 Å². The maximum atomic E-state index is 11.7. The predicted molar refractivity (Wildman–Crippen MR) is 58.6 cm³/mol. The lowest BCUT2D eigenvalue weighted by molar-refractivity contribution is -0.128. The van der Waals surface area contributed by atoms with Gasteiger partial charge in [0.25, 0.3) is 5.91 Å². The van der Waals surface area contributed by atoms with Gasteiger partial charge in [0.15, 0.2) is 0 Å². The van der Waals surface area contributed by atoms with Crippen molar-refractivity contribution in [3.8, 4) is 0 Å². The molecule has 1 rings (SSSR count). The van der Waals surface area contributed by atoms with Gasteiger partial charge >= 0.3 is 6.03 Å². The van der Waals surface area contributed by atoms with Crippen molar-refractivity contribution in [1.82, 2.24) is 10.2 Å². The van der Waals surface area contributed by atoms with Crippen LogP contribution in [-0.2, 0) is 14.6 Å². The number of urea groups is 1. The normalized spacial score (nSPS) is 21.8. The molecule has 3 amide bonds.